The zero-order chi connectivity index (χ0) is 24.0. The van der Waals surface area contributed by atoms with E-state index in [9.17, 15) is 18.0 Å². The van der Waals surface area contributed by atoms with E-state index in [0.29, 0.717) is 10.7 Å². The number of halogens is 1. The van der Waals surface area contributed by atoms with Crippen molar-refractivity contribution in [3.05, 3.63) is 88.9 Å². The van der Waals surface area contributed by atoms with E-state index in [1.54, 1.807) is 30.3 Å². The van der Waals surface area contributed by atoms with Crippen molar-refractivity contribution in [3.8, 4) is 5.75 Å². The van der Waals surface area contributed by atoms with Gasteiger partial charge in [-0.05, 0) is 49.4 Å². The Hall–Kier alpha value is -3.40. The molecular formula is C23H21ClN2O6S. The number of primary sulfonamides is 1. The number of esters is 1. The molecule has 0 aliphatic heterocycles. The van der Waals surface area contributed by atoms with Crippen LogP contribution in [-0.2, 0) is 26.2 Å². The van der Waals surface area contributed by atoms with Crippen molar-refractivity contribution in [2.75, 3.05) is 5.32 Å². The highest BCUT2D eigenvalue weighted by Gasteiger charge is 2.22. The summed E-state index contributed by atoms with van der Waals surface area (Å²) in [5.41, 5.74) is 1.23. The molecule has 0 aromatic heterocycles. The molecule has 3 aromatic carbocycles. The van der Waals surface area contributed by atoms with Crippen LogP contribution in [0.5, 0.6) is 5.75 Å². The van der Waals surface area contributed by atoms with Crippen molar-refractivity contribution in [2.24, 2.45) is 5.14 Å². The molecule has 0 fully saturated rings. The summed E-state index contributed by atoms with van der Waals surface area (Å²) in [5, 5.41) is 8.14. The summed E-state index contributed by atoms with van der Waals surface area (Å²) >= 11 is 6.14. The Morgan fingerprint density at radius 1 is 1.00 bits per heavy atom. The third-order valence-electron chi connectivity index (χ3n) is 4.55. The molecule has 0 bridgehead atoms. The van der Waals surface area contributed by atoms with Crippen LogP contribution in [0.15, 0.2) is 77.7 Å². The molecule has 0 saturated heterocycles. The van der Waals surface area contributed by atoms with E-state index in [2.05, 4.69) is 5.32 Å². The van der Waals surface area contributed by atoms with Crippen LogP contribution in [0.1, 0.15) is 22.8 Å². The lowest BCUT2D eigenvalue weighted by Crippen LogP contribution is -2.30. The first-order chi connectivity index (χ1) is 15.6. The lowest BCUT2D eigenvalue weighted by atomic mass is 10.2. The Bertz CT molecular complexity index is 1260. The zero-order valence-corrected chi connectivity index (χ0v) is 19.1. The number of amides is 1. The van der Waals surface area contributed by atoms with E-state index in [0.717, 1.165) is 5.56 Å². The maximum atomic E-state index is 12.7. The maximum Gasteiger partial charge on any atom is 0.342 e. The average molecular weight is 489 g/mol. The lowest BCUT2D eigenvalue weighted by molar-refractivity contribution is -0.123. The number of sulfonamides is 1. The second-order valence-corrected chi connectivity index (χ2v) is 8.95. The highest BCUT2D eigenvalue weighted by molar-refractivity contribution is 7.89. The Morgan fingerprint density at radius 2 is 1.64 bits per heavy atom. The van der Waals surface area contributed by atoms with Gasteiger partial charge in [-0.1, -0.05) is 41.9 Å². The van der Waals surface area contributed by atoms with E-state index in [1.807, 2.05) is 12.1 Å². The predicted molar refractivity (Wildman–Crippen MR) is 124 cm³/mol. The molecule has 1 amide bonds. The van der Waals surface area contributed by atoms with Crippen LogP contribution in [0.3, 0.4) is 0 Å². The molecule has 172 valence electrons. The van der Waals surface area contributed by atoms with Gasteiger partial charge in [0.15, 0.2) is 6.10 Å². The van der Waals surface area contributed by atoms with E-state index in [4.69, 9.17) is 26.2 Å². The molecule has 8 nitrogen and oxygen atoms in total. The number of anilines is 1. The molecule has 0 saturated carbocycles. The first kappa shape index (κ1) is 24.2. The molecule has 0 spiro atoms. The van der Waals surface area contributed by atoms with Gasteiger partial charge in [0.05, 0.1) is 4.90 Å². The van der Waals surface area contributed by atoms with Gasteiger partial charge in [-0.2, -0.15) is 0 Å². The maximum absolute atomic E-state index is 12.7. The standard InChI is InChI=1S/C23H21ClN2O6S/c1-15(22(27)26-17-10-12-18(13-11-17)33(25,29)30)32-23(28)19-7-3-5-9-21(19)31-14-16-6-2-4-8-20(16)24/h2-13,15H,14H2,1H3,(H,26,27)(H2,25,29,30)/t15-/m0/s1. The minimum atomic E-state index is -3.84. The zero-order valence-electron chi connectivity index (χ0n) is 17.5. The summed E-state index contributed by atoms with van der Waals surface area (Å²) in [7, 11) is -3.84. The van der Waals surface area contributed by atoms with Crippen molar-refractivity contribution in [1.29, 1.82) is 0 Å². The number of para-hydroxylation sites is 1. The van der Waals surface area contributed by atoms with Crippen LogP contribution < -0.4 is 15.2 Å². The quantitative estimate of drug-likeness (QED) is 0.465. The molecule has 0 aliphatic rings. The number of rotatable bonds is 8. The number of carbonyl (C=O) groups excluding carboxylic acids is 2. The Kier molecular flexibility index (Phi) is 7.70. The molecule has 10 heteroatoms. The molecule has 33 heavy (non-hydrogen) atoms. The molecule has 3 rings (SSSR count). The molecule has 0 radical (unpaired) electrons. The topological polar surface area (TPSA) is 125 Å². The molecule has 3 aromatic rings. The van der Waals surface area contributed by atoms with Crippen LogP contribution in [0, 0.1) is 0 Å². The minimum absolute atomic E-state index is 0.0895. The molecule has 0 aliphatic carbocycles. The number of nitrogens with one attached hydrogen (secondary N) is 1. The Morgan fingerprint density at radius 3 is 2.30 bits per heavy atom. The van der Waals surface area contributed by atoms with Crippen molar-refractivity contribution in [2.45, 2.75) is 24.5 Å². The van der Waals surface area contributed by atoms with E-state index < -0.39 is 28.0 Å². The number of benzene rings is 3. The molecule has 1 atom stereocenters. The van der Waals surface area contributed by atoms with E-state index >= 15 is 0 Å². The fourth-order valence-electron chi connectivity index (χ4n) is 2.78. The summed E-state index contributed by atoms with van der Waals surface area (Å²) in [6.45, 7) is 1.56. The van der Waals surface area contributed by atoms with Crippen molar-refractivity contribution < 1.29 is 27.5 Å². The second kappa shape index (κ2) is 10.5. The number of hydrogen-bond donors (Lipinski definition) is 2. The van der Waals surface area contributed by atoms with Gasteiger partial charge in [-0.15, -0.1) is 0 Å². The van der Waals surface area contributed by atoms with Gasteiger partial charge >= 0.3 is 5.97 Å². The van der Waals surface area contributed by atoms with Crippen LogP contribution in [0.2, 0.25) is 5.02 Å². The van der Waals surface area contributed by atoms with Crippen molar-refractivity contribution in [1.82, 2.24) is 0 Å². The Balaban J connectivity index is 1.63. The summed E-state index contributed by atoms with van der Waals surface area (Å²) in [5.74, 6) is -1.05. The first-order valence-corrected chi connectivity index (χ1v) is 11.7. The van der Waals surface area contributed by atoms with E-state index in [-0.39, 0.29) is 22.8 Å². The number of ether oxygens (including phenoxy) is 2. The number of carbonyl (C=O) groups is 2. The molecule has 3 N–H and O–H groups in total. The van der Waals surface area contributed by atoms with Crippen molar-refractivity contribution >= 4 is 39.2 Å². The SMILES string of the molecule is C[C@H](OC(=O)c1ccccc1OCc1ccccc1Cl)C(=O)Nc1ccc(S(N)(=O)=O)cc1. The van der Waals surface area contributed by atoms with Crippen LogP contribution >= 0.6 is 11.6 Å². The molecule has 0 heterocycles. The summed E-state index contributed by atoms with van der Waals surface area (Å²) in [4.78, 5) is 25.0. The summed E-state index contributed by atoms with van der Waals surface area (Å²) < 4.78 is 33.7. The lowest BCUT2D eigenvalue weighted by Gasteiger charge is -2.16. The van der Waals surface area contributed by atoms with Gasteiger partial charge < -0.3 is 14.8 Å². The van der Waals surface area contributed by atoms with Crippen LogP contribution in [0.4, 0.5) is 5.69 Å². The van der Waals surface area contributed by atoms with E-state index in [1.165, 1.54) is 37.3 Å². The first-order valence-electron chi connectivity index (χ1n) is 9.75. The highest BCUT2D eigenvalue weighted by atomic mass is 35.5. The van der Waals surface area contributed by atoms with Gasteiger partial charge in [0.1, 0.15) is 17.9 Å². The van der Waals surface area contributed by atoms with Gasteiger partial charge in [0.2, 0.25) is 10.0 Å². The third kappa shape index (κ3) is 6.55. The van der Waals surface area contributed by atoms with Gasteiger partial charge in [-0.3, -0.25) is 4.79 Å². The molecule has 0 unspecified atom stereocenters. The normalized spacial score (nSPS) is 12.0. The third-order valence-corrected chi connectivity index (χ3v) is 5.85. The number of nitrogens with two attached hydrogens (primary N) is 1. The van der Waals surface area contributed by atoms with Gasteiger partial charge in [-0.25, -0.2) is 18.4 Å². The smallest absolute Gasteiger partial charge is 0.342 e. The predicted octanol–water partition coefficient (Wildman–Crippen LogP) is 3.75. The molecular weight excluding hydrogens is 468 g/mol. The number of hydrogen-bond acceptors (Lipinski definition) is 6. The fourth-order valence-corrected chi connectivity index (χ4v) is 3.49. The highest BCUT2D eigenvalue weighted by Crippen LogP contribution is 2.23. The second-order valence-electron chi connectivity index (χ2n) is 6.98. The largest absolute Gasteiger partial charge is 0.488 e. The Labute approximate surface area is 196 Å². The van der Waals surface area contributed by atoms with Gasteiger partial charge in [0, 0.05) is 16.3 Å². The summed E-state index contributed by atoms with van der Waals surface area (Å²) in [6, 6.07) is 19.0. The monoisotopic (exact) mass is 488 g/mol. The summed E-state index contributed by atoms with van der Waals surface area (Å²) in [6.07, 6.45) is -1.13. The van der Waals surface area contributed by atoms with Gasteiger partial charge in [0.25, 0.3) is 5.91 Å². The fraction of sp³-hybridized carbons (Fsp3) is 0.130. The average Bonchev–Trinajstić information content (AvgIpc) is 2.78. The van der Waals surface area contributed by atoms with Crippen molar-refractivity contribution in [3.63, 3.8) is 0 Å². The van der Waals surface area contributed by atoms with Crippen LogP contribution in [0.25, 0.3) is 0 Å². The minimum Gasteiger partial charge on any atom is -0.488 e. The van der Waals surface area contributed by atoms with Crippen LogP contribution in [-0.4, -0.2) is 26.4 Å².